The van der Waals surface area contributed by atoms with Gasteiger partial charge in [0.15, 0.2) is 0 Å². The largest absolute Gasteiger partial charge is 0.384 e. The predicted molar refractivity (Wildman–Crippen MR) is 117 cm³/mol. The number of benzene rings is 2. The molecule has 0 unspecified atom stereocenters. The molecule has 1 aliphatic rings. The number of para-hydroxylation sites is 1. The fourth-order valence-electron chi connectivity index (χ4n) is 3.60. The average Bonchev–Trinajstić information content (AvgIpc) is 3.01. The third-order valence-corrected chi connectivity index (χ3v) is 5.22. The van der Waals surface area contributed by atoms with Gasteiger partial charge in [0.05, 0.1) is 5.56 Å². The number of pyridine rings is 1. The summed E-state index contributed by atoms with van der Waals surface area (Å²) in [6.07, 6.45) is 1.61. The van der Waals surface area contributed by atoms with E-state index in [2.05, 4.69) is 40.8 Å². The summed E-state index contributed by atoms with van der Waals surface area (Å²) in [7, 11) is 0. The summed E-state index contributed by atoms with van der Waals surface area (Å²) in [5, 5.41) is 9.65. The van der Waals surface area contributed by atoms with Gasteiger partial charge < -0.3 is 20.9 Å². The highest BCUT2D eigenvalue weighted by Gasteiger charge is 2.29. The molecular formula is C23H24N4O2. The van der Waals surface area contributed by atoms with E-state index in [4.69, 9.17) is 0 Å². The Morgan fingerprint density at radius 3 is 2.76 bits per heavy atom. The molecule has 0 fully saturated rings. The zero-order valence-electron chi connectivity index (χ0n) is 16.5. The van der Waals surface area contributed by atoms with Crippen molar-refractivity contribution < 1.29 is 4.79 Å². The summed E-state index contributed by atoms with van der Waals surface area (Å²) in [4.78, 5) is 26.9. The highest BCUT2D eigenvalue weighted by Crippen LogP contribution is 2.37. The van der Waals surface area contributed by atoms with Crippen LogP contribution in [0.1, 0.15) is 35.3 Å². The Labute approximate surface area is 169 Å². The molecule has 0 radical (unpaired) electrons. The van der Waals surface area contributed by atoms with Crippen LogP contribution in [0.25, 0.3) is 0 Å². The number of fused-ring (bicyclic) bond motifs is 1. The quantitative estimate of drug-likeness (QED) is 0.533. The Kier molecular flexibility index (Phi) is 4.84. The number of nitrogens with one attached hydrogen (secondary N) is 4. The molecule has 2 heterocycles. The maximum absolute atomic E-state index is 12.9. The normalized spacial score (nSPS) is 14.0. The Balaban J connectivity index is 1.50. The van der Waals surface area contributed by atoms with Crippen molar-refractivity contribution in [3.63, 3.8) is 0 Å². The van der Waals surface area contributed by atoms with E-state index in [0.29, 0.717) is 17.8 Å². The van der Waals surface area contributed by atoms with E-state index in [1.54, 1.807) is 12.3 Å². The number of carbonyl (C=O) groups is 1. The van der Waals surface area contributed by atoms with Crippen molar-refractivity contribution in [2.45, 2.75) is 25.8 Å². The van der Waals surface area contributed by atoms with Crippen LogP contribution in [0, 0.1) is 0 Å². The maximum Gasteiger partial charge on any atom is 0.257 e. The van der Waals surface area contributed by atoms with Gasteiger partial charge in [-0.3, -0.25) is 9.59 Å². The van der Waals surface area contributed by atoms with Crippen LogP contribution in [0.2, 0.25) is 0 Å². The van der Waals surface area contributed by atoms with Crippen molar-refractivity contribution in [3.05, 3.63) is 87.8 Å². The number of rotatable bonds is 5. The topological polar surface area (TPSA) is 86.0 Å². The molecule has 0 aliphatic carbocycles. The number of amides is 1. The van der Waals surface area contributed by atoms with Gasteiger partial charge in [0, 0.05) is 47.8 Å². The predicted octanol–water partition coefficient (Wildman–Crippen LogP) is 3.94. The molecule has 0 atom stereocenters. The molecule has 4 rings (SSSR count). The molecular weight excluding hydrogens is 364 g/mol. The first-order valence-corrected chi connectivity index (χ1v) is 9.63. The lowest BCUT2D eigenvalue weighted by atomic mass is 9.87. The molecule has 6 nitrogen and oxygen atoms in total. The lowest BCUT2D eigenvalue weighted by molar-refractivity contribution is 0.102. The minimum Gasteiger partial charge on any atom is -0.384 e. The molecule has 6 heteroatoms. The van der Waals surface area contributed by atoms with Crippen molar-refractivity contribution >= 4 is 23.0 Å². The van der Waals surface area contributed by atoms with Crippen molar-refractivity contribution in [1.82, 2.24) is 4.98 Å². The molecule has 0 saturated heterocycles. The zero-order valence-corrected chi connectivity index (χ0v) is 16.5. The first-order chi connectivity index (χ1) is 13.9. The van der Waals surface area contributed by atoms with Crippen molar-refractivity contribution in [2.24, 2.45) is 0 Å². The zero-order chi connectivity index (χ0) is 20.4. The highest BCUT2D eigenvalue weighted by atomic mass is 16.1. The molecule has 3 aromatic rings. The van der Waals surface area contributed by atoms with Crippen LogP contribution >= 0.6 is 0 Å². The highest BCUT2D eigenvalue weighted by molar-refractivity contribution is 6.08. The lowest BCUT2D eigenvalue weighted by Crippen LogP contribution is -2.18. The van der Waals surface area contributed by atoms with Crippen LogP contribution in [-0.2, 0) is 12.0 Å². The second-order valence-corrected chi connectivity index (χ2v) is 7.91. The minimum atomic E-state index is -0.184. The SMILES string of the molecule is CC1(C)CNc2cc(NC(=O)c3ccccc3NCc3cc[nH]c(=O)c3)ccc21. The molecule has 148 valence electrons. The standard InChI is InChI=1S/C23H24N4O2/c1-23(2)14-26-20-12-16(7-8-18(20)23)27-22(29)17-5-3-4-6-19(17)25-13-15-9-10-24-21(28)11-15/h3-12,25-26H,13-14H2,1-2H3,(H,24,28)(H,27,29). The van der Waals surface area contributed by atoms with Crippen LogP contribution in [0.3, 0.4) is 0 Å². The number of hydrogen-bond acceptors (Lipinski definition) is 4. The van der Waals surface area contributed by atoms with E-state index in [1.165, 1.54) is 11.6 Å². The Hall–Kier alpha value is -3.54. The van der Waals surface area contributed by atoms with Gasteiger partial charge in [-0.25, -0.2) is 0 Å². The summed E-state index contributed by atoms with van der Waals surface area (Å²) in [6.45, 7) is 5.74. The summed E-state index contributed by atoms with van der Waals surface area (Å²) in [6, 6.07) is 16.7. The molecule has 0 bridgehead atoms. The third-order valence-electron chi connectivity index (χ3n) is 5.22. The van der Waals surface area contributed by atoms with Crippen LogP contribution in [0.5, 0.6) is 0 Å². The number of carbonyl (C=O) groups excluding carboxylic acids is 1. The summed E-state index contributed by atoms with van der Waals surface area (Å²) >= 11 is 0. The number of hydrogen-bond donors (Lipinski definition) is 4. The molecule has 1 amide bonds. The smallest absolute Gasteiger partial charge is 0.257 e. The van der Waals surface area contributed by atoms with E-state index < -0.39 is 0 Å². The summed E-state index contributed by atoms with van der Waals surface area (Å²) < 4.78 is 0. The minimum absolute atomic E-state index is 0.0908. The van der Waals surface area contributed by atoms with Gasteiger partial charge in [-0.1, -0.05) is 32.0 Å². The van der Waals surface area contributed by atoms with Crippen LogP contribution < -0.4 is 21.5 Å². The molecule has 0 saturated carbocycles. The van der Waals surface area contributed by atoms with Gasteiger partial charge in [-0.05, 0) is 41.5 Å². The van der Waals surface area contributed by atoms with E-state index in [9.17, 15) is 9.59 Å². The molecule has 4 N–H and O–H groups in total. The third kappa shape index (κ3) is 4.01. The van der Waals surface area contributed by atoms with Gasteiger partial charge in [-0.15, -0.1) is 0 Å². The van der Waals surface area contributed by atoms with Crippen molar-refractivity contribution in [3.8, 4) is 0 Å². The van der Waals surface area contributed by atoms with Crippen molar-refractivity contribution in [2.75, 3.05) is 22.5 Å². The molecule has 2 aromatic carbocycles. The van der Waals surface area contributed by atoms with Gasteiger partial charge in [-0.2, -0.15) is 0 Å². The number of H-pyrrole nitrogens is 1. The lowest BCUT2D eigenvalue weighted by Gasteiger charge is -2.17. The van der Waals surface area contributed by atoms with Crippen LogP contribution in [0.4, 0.5) is 17.1 Å². The van der Waals surface area contributed by atoms with Gasteiger partial charge >= 0.3 is 0 Å². The molecule has 29 heavy (non-hydrogen) atoms. The Bertz CT molecular complexity index is 1120. The number of anilines is 3. The summed E-state index contributed by atoms with van der Waals surface area (Å²) in [5.41, 5.74) is 5.12. The van der Waals surface area contributed by atoms with Gasteiger partial charge in [0.1, 0.15) is 0 Å². The molecule has 1 aliphatic heterocycles. The average molecular weight is 388 g/mol. The van der Waals surface area contributed by atoms with E-state index in [1.807, 2.05) is 36.4 Å². The second-order valence-electron chi connectivity index (χ2n) is 7.91. The number of aromatic nitrogens is 1. The van der Waals surface area contributed by atoms with E-state index in [-0.39, 0.29) is 16.9 Å². The first-order valence-electron chi connectivity index (χ1n) is 9.63. The summed E-state index contributed by atoms with van der Waals surface area (Å²) in [5.74, 6) is -0.184. The van der Waals surface area contributed by atoms with E-state index >= 15 is 0 Å². The van der Waals surface area contributed by atoms with Crippen molar-refractivity contribution in [1.29, 1.82) is 0 Å². The van der Waals surface area contributed by atoms with Crippen LogP contribution in [0.15, 0.2) is 65.6 Å². The second kappa shape index (κ2) is 7.47. The maximum atomic E-state index is 12.9. The fraction of sp³-hybridized carbons (Fsp3) is 0.217. The Morgan fingerprint density at radius 1 is 1.10 bits per heavy atom. The molecule has 0 spiro atoms. The number of aromatic amines is 1. The monoisotopic (exact) mass is 388 g/mol. The first kappa shape index (κ1) is 18.8. The van der Waals surface area contributed by atoms with Gasteiger partial charge in [0.2, 0.25) is 5.56 Å². The Morgan fingerprint density at radius 2 is 1.93 bits per heavy atom. The van der Waals surface area contributed by atoms with E-state index in [0.717, 1.165) is 23.5 Å². The van der Waals surface area contributed by atoms with Gasteiger partial charge in [0.25, 0.3) is 5.91 Å². The van der Waals surface area contributed by atoms with Crippen LogP contribution in [-0.4, -0.2) is 17.4 Å². The molecule has 1 aromatic heterocycles. The fourth-order valence-corrected chi connectivity index (χ4v) is 3.60.